The van der Waals surface area contributed by atoms with E-state index in [0.29, 0.717) is 17.1 Å². The topological polar surface area (TPSA) is 55.3 Å². The average Bonchev–Trinajstić information content (AvgIpc) is 3.24. The molecule has 30 heavy (non-hydrogen) atoms. The summed E-state index contributed by atoms with van der Waals surface area (Å²) >= 11 is 1.69. The third kappa shape index (κ3) is 3.78. The molecular formula is C24H21N3O2S. The first-order chi connectivity index (χ1) is 14.8. The molecule has 3 heterocycles. The lowest BCUT2D eigenvalue weighted by Gasteiger charge is -2.34. The van der Waals surface area contributed by atoms with Crippen LogP contribution in [-0.4, -0.2) is 27.3 Å². The second-order valence-electron chi connectivity index (χ2n) is 7.35. The molecule has 0 saturated carbocycles. The molecule has 1 saturated heterocycles. The van der Waals surface area contributed by atoms with Gasteiger partial charge < -0.3 is 9.64 Å². The van der Waals surface area contributed by atoms with E-state index < -0.39 is 0 Å². The molecule has 5 rings (SSSR count). The normalized spacial score (nSPS) is 16.5. The van der Waals surface area contributed by atoms with Crippen molar-refractivity contribution in [3.05, 3.63) is 83.6 Å². The van der Waals surface area contributed by atoms with Gasteiger partial charge in [0.05, 0.1) is 22.5 Å². The van der Waals surface area contributed by atoms with Crippen molar-refractivity contribution in [1.82, 2.24) is 14.9 Å². The Morgan fingerprint density at radius 3 is 2.67 bits per heavy atom. The Bertz CT molecular complexity index is 1130. The zero-order valence-corrected chi connectivity index (χ0v) is 17.2. The number of pyridine rings is 1. The molecular weight excluding hydrogens is 394 g/mol. The minimum atomic E-state index is 0.0370. The van der Waals surface area contributed by atoms with Crippen molar-refractivity contribution < 1.29 is 9.53 Å². The van der Waals surface area contributed by atoms with E-state index in [1.807, 2.05) is 59.5 Å². The smallest absolute Gasteiger partial charge is 0.254 e. The number of thiazole rings is 1. The van der Waals surface area contributed by atoms with Crippen LogP contribution in [0.15, 0.2) is 73.1 Å². The summed E-state index contributed by atoms with van der Waals surface area (Å²) in [6.45, 7) is 0.757. The molecule has 1 atom stereocenters. The van der Waals surface area contributed by atoms with Crippen molar-refractivity contribution in [2.24, 2.45) is 0 Å². The van der Waals surface area contributed by atoms with Crippen molar-refractivity contribution >= 4 is 27.5 Å². The molecule has 2 aromatic heterocycles. The van der Waals surface area contributed by atoms with Crippen molar-refractivity contribution in [1.29, 1.82) is 0 Å². The van der Waals surface area contributed by atoms with Crippen LogP contribution in [0.5, 0.6) is 11.5 Å². The van der Waals surface area contributed by atoms with E-state index >= 15 is 0 Å². The minimum absolute atomic E-state index is 0.0370. The van der Waals surface area contributed by atoms with E-state index in [9.17, 15) is 4.79 Å². The summed E-state index contributed by atoms with van der Waals surface area (Å²) in [6.07, 6.45) is 6.45. The molecule has 6 heteroatoms. The fourth-order valence-electron chi connectivity index (χ4n) is 3.84. The number of para-hydroxylation sites is 1. The number of likely N-dealkylation sites (tertiary alicyclic amines) is 1. The molecule has 1 fully saturated rings. The number of fused-ring (bicyclic) bond motifs is 1. The van der Waals surface area contributed by atoms with E-state index in [2.05, 4.69) is 11.1 Å². The monoisotopic (exact) mass is 415 g/mol. The van der Waals surface area contributed by atoms with Crippen LogP contribution in [0, 0.1) is 0 Å². The Balaban J connectivity index is 1.37. The SMILES string of the molecule is O=C(c1ccc(Oc2cccnc2)cc1)N1CCCCC1c1nc2ccccc2s1. The first-order valence-electron chi connectivity index (χ1n) is 10.1. The maximum absolute atomic E-state index is 13.3. The highest BCUT2D eigenvalue weighted by Gasteiger charge is 2.31. The van der Waals surface area contributed by atoms with E-state index in [1.54, 1.807) is 23.7 Å². The summed E-state index contributed by atoms with van der Waals surface area (Å²) in [5, 5.41) is 1.03. The van der Waals surface area contributed by atoms with Gasteiger partial charge in [0, 0.05) is 18.3 Å². The summed E-state index contributed by atoms with van der Waals surface area (Å²) in [7, 11) is 0. The van der Waals surface area contributed by atoms with Gasteiger partial charge in [-0.2, -0.15) is 0 Å². The Hall–Kier alpha value is -3.25. The lowest BCUT2D eigenvalue weighted by Crippen LogP contribution is -2.38. The van der Waals surface area contributed by atoms with Crippen molar-refractivity contribution in [3.8, 4) is 11.5 Å². The van der Waals surface area contributed by atoms with Crippen LogP contribution in [0.1, 0.15) is 40.7 Å². The predicted molar refractivity (Wildman–Crippen MR) is 118 cm³/mol. The van der Waals surface area contributed by atoms with E-state index in [1.165, 1.54) is 4.70 Å². The summed E-state index contributed by atoms with van der Waals surface area (Å²) in [5.74, 6) is 1.40. The van der Waals surface area contributed by atoms with Gasteiger partial charge in [-0.25, -0.2) is 4.98 Å². The first kappa shape index (κ1) is 18.8. The van der Waals surface area contributed by atoms with Crippen molar-refractivity contribution in [2.45, 2.75) is 25.3 Å². The molecule has 0 radical (unpaired) electrons. The highest BCUT2D eigenvalue weighted by atomic mass is 32.1. The fraction of sp³-hybridized carbons (Fsp3) is 0.208. The maximum Gasteiger partial charge on any atom is 0.254 e. The zero-order chi connectivity index (χ0) is 20.3. The number of benzene rings is 2. The Morgan fingerprint density at radius 1 is 1.00 bits per heavy atom. The summed E-state index contributed by atoms with van der Waals surface area (Å²) in [4.78, 5) is 24.2. The van der Waals surface area contributed by atoms with Gasteiger partial charge in [-0.3, -0.25) is 9.78 Å². The Labute approximate surface area is 179 Å². The number of hydrogen-bond donors (Lipinski definition) is 0. The van der Waals surface area contributed by atoms with E-state index in [-0.39, 0.29) is 11.9 Å². The quantitative estimate of drug-likeness (QED) is 0.419. The number of aromatic nitrogens is 2. The molecule has 5 nitrogen and oxygen atoms in total. The molecule has 0 bridgehead atoms. The molecule has 4 aromatic rings. The standard InChI is InChI=1S/C24H21N3O2S/c28-24(17-10-12-18(13-11-17)29-19-6-5-14-25-16-19)27-15-4-3-8-21(27)23-26-20-7-1-2-9-22(20)30-23/h1-2,5-7,9-14,16,21H,3-4,8,15H2. The molecule has 1 unspecified atom stereocenters. The molecule has 150 valence electrons. The number of nitrogens with zero attached hydrogens (tertiary/aromatic N) is 3. The maximum atomic E-state index is 13.3. The molecule has 0 spiro atoms. The second kappa shape index (κ2) is 8.24. The van der Waals surface area contributed by atoms with Gasteiger partial charge in [0.25, 0.3) is 5.91 Å². The number of ether oxygens (including phenoxy) is 1. The number of piperidine rings is 1. The number of carbonyl (C=O) groups is 1. The third-order valence-electron chi connectivity index (χ3n) is 5.33. The van der Waals surface area contributed by atoms with Crippen LogP contribution in [0.3, 0.4) is 0 Å². The highest BCUT2D eigenvalue weighted by Crippen LogP contribution is 2.36. The zero-order valence-electron chi connectivity index (χ0n) is 16.4. The van der Waals surface area contributed by atoms with Crippen molar-refractivity contribution in [3.63, 3.8) is 0 Å². The first-order valence-corrected chi connectivity index (χ1v) is 10.9. The van der Waals surface area contributed by atoms with Gasteiger partial charge in [-0.05, 0) is 67.8 Å². The molecule has 1 aliphatic heterocycles. The molecule has 0 aliphatic carbocycles. The predicted octanol–water partition coefficient (Wildman–Crippen LogP) is 5.85. The van der Waals surface area contributed by atoms with Gasteiger partial charge >= 0.3 is 0 Å². The largest absolute Gasteiger partial charge is 0.456 e. The average molecular weight is 416 g/mol. The lowest BCUT2D eigenvalue weighted by molar-refractivity contribution is 0.0611. The number of amides is 1. The van der Waals surface area contributed by atoms with Crippen LogP contribution in [-0.2, 0) is 0 Å². The summed E-state index contributed by atoms with van der Waals surface area (Å²) in [6, 6.07) is 19.2. The molecule has 1 aliphatic rings. The Morgan fingerprint density at radius 2 is 1.87 bits per heavy atom. The van der Waals surface area contributed by atoms with Gasteiger partial charge in [0.1, 0.15) is 16.5 Å². The minimum Gasteiger partial charge on any atom is -0.456 e. The van der Waals surface area contributed by atoms with Crippen LogP contribution in [0.25, 0.3) is 10.2 Å². The van der Waals surface area contributed by atoms with Crippen LogP contribution >= 0.6 is 11.3 Å². The number of hydrogen-bond acceptors (Lipinski definition) is 5. The summed E-state index contributed by atoms with van der Waals surface area (Å²) < 4.78 is 6.96. The van der Waals surface area contributed by atoms with E-state index in [0.717, 1.165) is 36.3 Å². The van der Waals surface area contributed by atoms with Crippen molar-refractivity contribution in [2.75, 3.05) is 6.54 Å². The summed E-state index contributed by atoms with van der Waals surface area (Å²) in [5.41, 5.74) is 1.67. The number of carbonyl (C=O) groups excluding carboxylic acids is 1. The Kier molecular flexibility index (Phi) is 5.15. The van der Waals surface area contributed by atoms with Gasteiger partial charge in [-0.1, -0.05) is 12.1 Å². The van der Waals surface area contributed by atoms with Crippen LogP contribution < -0.4 is 4.74 Å². The van der Waals surface area contributed by atoms with Gasteiger partial charge in [-0.15, -0.1) is 11.3 Å². The molecule has 0 N–H and O–H groups in total. The fourth-order valence-corrected chi connectivity index (χ4v) is 4.95. The van der Waals surface area contributed by atoms with E-state index in [4.69, 9.17) is 9.72 Å². The lowest BCUT2D eigenvalue weighted by atomic mass is 10.0. The van der Waals surface area contributed by atoms with Crippen LogP contribution in [0.4, 0.5) is 0 Å². The van der Waals surface area contributed by atoms with Crippen LogP contribution in [0.2, 0.25) is 0 Å². The highest BCUT2D eigenvalue weighted by molar-refractivity contribution is 7.18. The third-order valence-corrected chi connectivity index (χ3v) is 6.47. The second-order valence-corrected chi connectivity index (χ2v) is 8.41. The van der Waals surface area contributed by atoms with Gasteiger partial charge in [0.15, 0.2) is 0 Å². The van der Waals surface area contributed by atoms with Gasteiger partial charge in [0.2, 0.25) is 0 Å². The number of rotatable bonds is 4. The molecule has 2 aromatic carbocycles. The molecule has 1 amide bonds.